The molecule has 13 heavy (non-hydrogen) atoms. The third-order valence-corrected chi connectivity index (χ3v) is 7.09. The van der Waals surface area contributed by atoms with Gasteiger partial charge < -0.3 is 0 Å². The second-order valence-electron chi connectivity index (χ2n) is 2.16. The molecule has 1 unspecified atom stereocenters. The molecule has 0 aliphatic heterocycles. The van der Waals surface area contributed by atoms with Crippen LogP contribution < -0.4 is 0 Å². The van der Waals surface area contributed by atoms with Crippen molar-refractivity contribution >= 4 is 48.9 Å². The Bertz CT molecular complexity index is 153. The summed E-state index contributed by atoms with van der Waals surface area (Å²) < 4.78 is 2.11. The standard InChI is InChI=1S/C7H15NO2SSe2/c1-3-12-8(13-4-2)6(5-11)7(9)10/h6,11H,3-5H2,1-2H3,(H,9,10). The molecule has 0 aromatic heterocycles. The van der Waals surface area contributed by atoms with Crippen LogP contribution in [0.5, 0.6) is 0 Å². The van der Waals surface area contributed by atoms with Gasteiger partial charge in [-0.2, -0.15) is 0 Å². The summed E-state index contributed by atoms with van der Waals surface area (Å²) in [5.74, 6) is -0.320. The van der Waals surface area contributed by atoms with Crippen molar-refractivity contribution in [2.45, 2.75) is 30.5 Å². The zero-order valence-electron chi connectivity index (χ0n) is 7.77. The first kappa shape index (κ1) is 13.8. The number of rotatable bonds is 7. The van der Waals surface area contributed by atoms with Crippen molar-refractivity contribution in [1.29, 1.82) is 0 Å². The molecule has 0 saturated carbocycles. The number of thiol groups is 1. The summed E-state index contributed by atoms with van der Waals surface area (Å²) in [5, 5.41) is 11.0. The van der Waals surface area contributed by atoms with Crippen LogP contribution in [-0.2, 0) is 4.79 Å². The number of carboxylic acids is 1. The third kappa shape index (κ3) is 5.30. The first-order valence-electron chi connectivity index (χ1n) is 4.06. The Morgan fingerprint density at radius 3 is 2.15 bits per heavy atom. The van der Waals surface area contributed by atoms with Gasteiger partial charge in [-0.15, -0.1) is 0 Å². The third-order valence-electron chi connectivity index (χ3n) is 1.23. The number of hydrogen-bond acceptors (Lipinski definition) is 3. The first-order valence-corrected chi connectivity index (χ1v) is 8.64. The summed E-state index contributed by atoms with van der Waals surface area (Å²) in [5.41, 5.74) is 0. The van der Waals surface area contributed by atoms with E-state index in [2.05, 4.69) is 29.4 Å². The van der Waals surface area contributed by atoms with Crippen molar-refractivity contribution in [3.05, 3.63) is 0 Å². The van der Waals surface area contributed by atoms with Gasteiger partial charge in [0, 0.05) is 0 Å². The van der Waals surface area contributed by atoms with Gasteiger partial charge in [0.1, 0.15) is 0 Å². The van der Waals surface area contributed by atoms with Crippen LogP contribution in [0.2, 0.25) is 10.6 Å². The van der Waals surface area contributed by atoms with E-state index < -0.39 is 5.97 Å². The molecule has 0 aliphatic carbocycles. The fourth-order valence-electron chi connectivity index (χ4n) is 0.707. The van der Waals surface area contributed by atoms with Crippen molar-refractivity contribution in [3.63, 3.8) is 0 Å². The molecular weight excluding hydrogens is 320 g/mol. The normalized spacial score (nSPS) is 13.2. The molecule has 1 atom stereocenters. The zero-order valence-corrected chi connectivity index (χ0v) is 12.1. The average Bonchev–Trinajstić information content (AvgIpc) is 2.05. The molecular formula is C7H15NO2SSe2. The van der Waals surface area contributed by atoms with E-state index >= 15 is 0 Å². The Balaban J connectivity index is 4.20. The molecule has 0 amide bonds. The summed E-state index contributed by atoms with van der Waals surface area (Å²) >= 11 is 4.72. The second kappa shape index (κ2) is 8.15. The van der Waals surface area contributed by atoms with E-state index in [1.165, 1.54) is 0 Å². The van der Waals surface area contributed by atoms with Crippen molar-refractivity contribution in [2.75, 3.05) is 5.75 Å². The quantitative estimate of drug-likeness (QED) is 0.534. The zero-order chi connectivity index (χ0) is 10.3. The van der Waals surface area contributed by atoms with E-state index in [9.17, 15) is 4.79 Å². The number of carbonyl (C=O) groups is 1. The van der Waals surface area contributed by atoms with E-state index in [0.29, 0.717) is 36.1 Å². The number of hydrogen-bond donors (Lipinski definition) is 2. The number of carboxylic acid groups (broad SMARTS) is 1. The predicted molar refractivity (Wildman–Crippen MR) is 59.6 cm³/mol. The van der Waals surface area contributed by atoms with Crippen LogP contribution >= 0.6 is 12.6 Å². The molecule has 0 rings (SSSR count). The SMILES string of the molecule is CC[Se]N([Se]CC)C(CS)C(=O)O. The summed E-state index contributed by atoms with van der Waals surface area (Å²) in [6.07, 6.45) is 0. The van der Waals surface area contributed by atoms with Gasteiger partial charge in [0.2, 0.25) is 0 Å². The van der Waals surface area contributed by atoms with Crippen LogP contribution in [0.3, 0.4) is 0 Å². The van der Waals surface area contributed by atoms with E-state index in [0.717, 1.165) is 10.6 Å². The van der Waals surface area contributed by atoms with E-state index in [1.54, 1.807) is 0 Å². The molecule has 0 bridgehead atoms. The summed E-state index contributed by atoms with van der Waals surface area (Å²) in [7, 11) is 0. The van der Waals surface area contributed by atoms with E-state index in [4.69, 9.17) is 5.11 Å². The summed E-state index contributed by atoms with van der Waals surface area (Å²) in [4.78, 5) is 10.9. The summed E-state index contributed by atoms with van der Waals surface area (Å²) in [6.45, 7) is 4.19. The van der Waals surface area contributed by atoms with Crippen LogP contribution in [0, 0.1) is 0 Å². The Morgan fingerprint density at radius 1 is 1.46 bits per heavy atom. The molecule has 6 heteroatoms. The Morgan fingerprint density at radius 2 is 1.92 bits per heavy atom. The maximum atomic E-state index is 10.9. The molecule has 0 aromatic carbocycles. The van der Waals surface area contributed by atoms with Crippen molar-refractivity contribution in [1.82, 2.24) is 2.93 Å². The topological polar surface area (TPSA) is 40.5 Å². The van der Waals surface area contributed by atoms with Gasteiger partial charge in [-0.05, 0) is 0 Å². The fraction of sp³-hybridized carbons (Fsp3) is 0.857. The van der Waals surface area contributed by atoms with Crippen LogP contribution in [-0.4, -0.2) is 56.2 Å². The van der Waals surface area contributed by atoms with Gasteiger partial charge in [-0.3, -0.25) is 0 Å². The molecule has 3 nitrogen and oxygen atoms in total. The van der Waals surface area contributed by atoms with Gasteiger partial charge >= 0.3 is 98.1 Å². The van der Waals surface area contributed by atoms with E-state index in [-0.39, 0.29) is 6.04 Å². The van der Waals surface area contributed by atoms with Crippen LogP contribution in [0.15, 0.2) is 0 Å². The molecule has 0 aliphatic rings. The second-order valence-corrected chi connectivity index (χ2v) is 8.85. The van der Waals surface area contributed by atoms with Crippen LogP contribution in [0.4, 0.5) is 0 Å². The molecule has 0 heterocycles. The van der Waals surface area contributed by atoms with Crippen LogP contribution in [0.25, 0.3) is 0 Å². The minimum absolute atomic E-state index is 0.321. The van der Waals surface area contributed by atoms with Gasteiger partial charge in [0.25, 0.3) is 0 Å². The maximum absolute atomic E-state index is 10.9. The van der Waals surface area contributed by atoms with Crippen LogP contribution in [0.1, 0.15) is 13.8 Å². The Hall–Kier alpha value is 0.819. The Kier molecular flexibility index (Phi) is 8.67. The van der Waals surface area contributed by atoms with Gasteiger partial charge in [0.15, 0.2) is 0 Å². The van der Waals surface area contributed by atoms with Gasteiger partial charge in [-0.25, -0.2) is 0 Å². The monoisotopic (exact) mass is 337 g/mol. The van der Waals surface area contributed by atoms with Gasteiger partial charge in [0.05, 0.1) is 0 Å². The molecule has 0 spiro atoms. The predicted octanol–water partition coefficient (Wildman–Crippen LogP) is 0.786. The first-order chi connectivity index (χ1) is 6.17. The molecule has 0 aromatic rings. The fourth-order valence-corrected chi connectivity index (χ4v) is 7.30. The summed E-state index contributed by atoms with van der Waals surface area (Å²) in [6, 6.07) is -0.372. The molecule has 78 valence electrons. The van der Waals surface area contributed by atoms with Crippen molar-refractivity contribution < 1.29 is 9.90 Å². The molecule has 0 fully saturated rings. The van der Waals surface area contributed by atoms with Gasteiger partial charge in [-0.1, -0.05) is 0 Å². The van der Waals surface area contributed by atoms with E-state index in [1.807, 2.05) is 0 Å². The average molecular weight is 335 g/mol. The van der Waals surface area contributed by atoms with Crippen molar-refractivity contribution in [2.24, 2.45) is 0 Å². The molecule has 0 saturated heterocycles. The van der Waals surface area contributed by atoms with Crippen molar-refractivity contribution in [3.8, 4) is 0 Å². The molecule has 0 radical (unpaired) electrons. The molecule has 1 N–H and O–H groups in total. The minimum atomic E-state index is -0.736. The Labute approximate surface area is 97.8 Å². The number of nitrogens with zero attached hydrogens (tertiary/aromatic N) is 1. The number of aliphatic carboxylic acids is 1.